The number of hydrogen-bond donors (Lipinski definition) is 1. The van der Waals surface area contributed by atoms with Crippen LogP contribution in [0.15, 0.2) is 16.6 Å². The van der Waals surface area contributed by atoms with E-state index in [1.54, 1.807) is 0 Å². The van der Waals surface area contributed by atoms with Crippen LogP contribution in [0.25, 0.3) is 0 Å². The summed E-state index contributed by atoms with van der Waals surface area (Å²) >= 11 is 3.00. The van der Waals surface area contributed by atoms with Crippen molar-refractivity contribution in [3.8, 4) is 0 Å². The van der Waals surface area contributed by atoms with Crippen molar-refractivity contribution >= 4 is 15.9 Å². The fourth-order valence-electron chi connectivity index (χ4n) is 2.54. The second kappa shape index (κ2) is 6.29. The zero-order valence-corrected chi connectivity index (χ0v) is 12.6. The normalized spacial score (nSPS) is 24.7. The molecule has 2 nitrogen and oxygen atoms in total. The maximum atomic E-state index is 14.1. The van der Waals surface area contributed by atoms with Gasteiger partial charge in [0.2, 0.25) is 0 Å². The van der Waals surface area contributed by atoms with Gasteiger partial charge in [0.1, 0.15) is 11.6 Å². The van der Waals surface area contributed by atoms with E-state index >= 15 is 0 Å². The summed E-state index contributed by atoms with van der Waals surface area (Å²) in [6.45, 7) is 5.37. The molecular weight excluding hydrogens is 316 g/mol. The van der Waals surface area contributed by atoms with Crippen LogP contribution in [0, 0.1) is 17.6 Å². The highest BCUT2D eigenvalue weighted by Gasteiger charge is 2.34. The minimum absolute atomic E-state index is 0.116. The van der Waals surface area contributed by atoms with E-state index in [2.05, 4.69) is 28.2 Å². The zero-order chi connectivity index (χ0) is 14.0. The Labute approximate surface area is 120 Å². The molecule has 1 aliphatic rings. The third-order valence-electron chi connectivity index (χ3n) is 3.57. The highest BCUT2D eigenvalue weighted by Crippen LogP contribution is 2.34. The Balaban J connectivity index is 2.35. The van der Waals surface area contributed by atoms with Gasteiger partial charge in [-0.05, 0) is 46.9 Å². The van der Waals surface area contributed by atoms with Gasteiger partial charge in [-0.3, -0.25) is 0 Å². The Kier molecular flexibility index (Phi) is 4.92. The largest absolute Gasteiger partial charge is 0.376 e. The summed E-state index contributed by atoms with van der Waals surface area (Å²) in [5.74, 6) is -0.540. The summed E-state index contributed by atoms with van der Waals surface area (Å²) in [5.41, 5.74) is 0.335. The van der Waals surface area contributed by atoms with Crippen LogP contribution in [0.4, 0.5) is 8.78 Å². The van der Waals surface area contributed by atoms with E-state index in [9.17, 15) is 8.78 Å². The Morgan fingerprint density at radius 2 is 2.16 bits per heavy atom. The average molecular weight is 334 g/mol. The molecule has 0 saturated carbocycles. The topological polar surface area (TPSA) is 21.3 Å². The summed E-state index contributed by atoms with van der Waals surface area (Å²) in [5, 5.41) is 3.21. The second-order valence-corrected chi connectivity index (χ2v) is 5.78. The third kappa shape index (κ3) is 3.15. The van der Waals surface area contributed by atoms with Crippen LogP contribution in [0.5, 0.6) is 0 Å². The lowest BCUT2D eigenvalue weighted by atomic mass is 9.92. The summed E-state index contributed by atoms with van der Waals surface area (Å²) in [6.07, 6.45) is 0.836. The first-order valence-corrected chi connectivity index (χ1v) is 7.33. The number of halogens is 3. The molecule has 1 N–H and O–H groups in total. The van der Waals surface area contributed by atoms with E-state index in [1.165, 1.54) is 12.1 Å². The first kappa shape index (κ1) is 14.9. The SMILES string of the molecule is CCNC(c1cc(F)c(Br)cc1F)C1OCCC1C. The molecule has 1 aliphatic heterocycles. The minimum Gasteiger partial charge on any atom is -0.376 e. The molecule has 19 heavy (non-hydrogen) atoms. The van der Waals surface area contributed by atoms with Crippen LogP contribution in [0.2, 0.25) is 0 Å². The van der Waals surface area contributed by atoms with E-state index in [1.807, 2.05) is 6.92 Å². The molecule has 3 atom stereocenters. The fourth-order valence-corrected chi connectivity index (χ4v) is 2.86. The van der Waals surface area contributed by atoms with Crippen molar-refractivity contribution in [2.75, 3.05) is 13.2 Å². The van der Waals surface area contributed by atoms with E-state index in [0.29, 0.717) is 24.6 Å². The highest BCUT2D eigenvalue weighted by atomic mass is 79.9. The van der Waals surface area contributed by atoms with E-state index in [-0.39, 0.29) is 16.6 Å². The lowest BCUT2D eigenvalue weighted by Crippen LogP contribution is -2.35. The molecule has 106 valence electrons. The number of likely N-dealkylation sites (N-methyl/N-ethyl adjacent to an activating group) is 1. The van der Waals surface area contributed by atoms with Crippen LogP contribution >= 0.6 is 15.9 Å². The lowest BCUT2D eigenvalue weighted by molar-refractivity contribution is 0.0600. The van der Waals surface area contributed by atoms with Crippen molar-refractivity contribution < 1.29 is 13.5 Å². The first-order chi connectivity index (χ1) is 9.04. The van der Waals surface area contributed by atoms with Gasteiger partial charge in [-0.2, -0.15) is 0 Å². The van der Waals surface area contributed by atoms with Crippen molar-refractivity contribution in [1.82, 2.24) is 5.32 Å². The highest BCUT2D eigenvalue weighted by molar-refractivity contribution is 9.10. The molecule has 1 aromatic rings. The smallest absolute Gasteiger partial charge is 0.137 e. The summed E-state index contributed by atoms with van der Waals surface area (Å²) < 4.78 is 33.6. The molecule has 0 spiro atoms. The van der Waals surface area contributed by atoms with Crippen molar-refractivity contribution in [2.45, 2.75) is 32.4 Å². The molecule has 2 rings (SSSR count). The number of hydrogen-bond acceptors (Lipinski definition) is 2. The third-order valence-corrected chi connectivity index (χ3v) is 4.18. The Morgan fingerprint density at radius 3 is 2.74 bits per heavy atom. The number of rotatable bonds is 4. The molecule has 0 aliphatic carbocycles. The van der Waals surface area contributed by atoms with Gasteiger partial charge in [-0.15, -0.1) is 0 Å². The molecule has 0 radical (unpaired) electrons. The molecule has 3 unspecified atom stereocenters. The van der Waals surface area contributed by atoms with Crippen LogP contribution in [0.3, 0.4) is 0 Å². The molecule has 1 heterocycles. The van der Waals surface area contributed by atoms with Crippen molar-refractivity contribution in [3.63, 3.8) is 0 Å². The van der Waals surface area contributed by atoms with Crippen LogP contribution in [0.1, 0.15) is 31.9 Å². The van der Waals surface area contributed by atoms with Gasteiger partial charge in [-0.1, -0.05) is 13.8 Å². The van der Waals surface area contributed by atoms with Crippen LogP contribution in [-0.2, 0) is 4.74 Å². The van der Waals surface area contributed by atoms with Crippen LogP contribution in [-0.4, -0.2) is 19.3 Å². The van der Waals surface area contributed by atoms with Gasteiger partial charge >= 0.3 is 0 Å². The quantitative estimate of drug-likeness (QED) is 0.846. The van der Waals surface area contributed by atoms with E-state index in [0.717, 1.165) is 6.42 Å². The predicted octanol–water partition coefficient (Wildman–Crippen LogP) is 3.80. The lowest BCUT2D eigenvalue weighted by Gasteiger charge is -2.27. The van der Waals surface area contributed by atoms with Gasteiger partial charge in [0.15, 0.2) is 0 Å². The van der Waals surface area contributed by atoms with Crippen molar-refractivity contribution in [3.05, 3.63) is 33.8 Å². The Hall–Kier alpha value is -0.520. The standard InChI is InChI=1S/C14H18BrF2NO/c1-3-18-13(14-8(2)4-5-19-14)9-6-12(17)10(15)7-11(9)16/h6-8,13-14,18H,3-5H2,1-2H3. The van der Waals surface area contributed by atoms with E-state index in [4.69, 9.17) is 4.74 Å². The molecule has 0 aromatic heterocycles. The summed E-state index contributed by atoms with van der Waals surface area (Å²) in [4.78, 5) is 0. The number of benzene rings is 1. The summed E-state index contributed by atoms with van der Waals surface area (Å²) in [6, 6.07) is 2.11. The monoisotopic (exact) mass is 333 g/mol. The van der Waals surface area contributed by atoms with Gasteiger partial charge in [0.05, 0.1) is 16.6 Å². The van der Waals surface area contributed by atoms with Gasteiger partial charge in [0, 0.05) is 12.2 Å². The zero-order valence-electron chi connectivity index (χ0n) is 11.1. The van der Waals surface area contributed by atoms with Crippen LogP contribution < -0.4 is 5.32 Å². The predicted molar refractivity (Wildman–Crippen MR) is 74.0 cm³/mol. The fraction of sp³-hybridized carbons (Fsp3) is 0.571. The minimum atomic E-state index is -0.454. The molecule has 5 heteroatoms. The Morgan fingerprint density at radius 1 is 1.42 bits per heavy atom. The molecule has 1 saturated heterocycles. The van der Waals surface area contributed by atoms with E-state index < -0.39 is 11.6 Å². The average Bonchev–Trinajstić information content (AvgIpc) is 2.77. The number of nitrogens with one attached hydrogen (secondary N) is 1. The molecule has 0 amide bonds. The van der Waals surface area contributed by atoms with Gasteiger partial charge in [0.25, 0.3) is 0 Å². The molecule has 1 aromatic carbocycles. The Bertz CT molecular complexity index is 455. The summed E-state index contributed by atoms with van der Waals surface area (Å²) in [7, 11) is 0. The molecule has 1 fully saturated rings. The maximum Gasteiger partial charge on any atom is 0.137 e. The maximum absolute atomic E-state index is 14.1. The number of ether oxygens (including phenoxy) is 1. The second-order valence-electron chi connectivity index (χ2n) is 4.92. The van der Waals surface area contributed by atoms with Crippen molar-refractivity contribution in [1.29, 1.82) is 0 Å². The van der Waals surface area contributed by atoms with Crippen molar-refractivity contribution in [2.24, 2.45) is 5.92 Å². The first-order valence-electron chi connectivity index (χ1n) is 6.54. The van der Waals surface area contributed by atoms with Gasteiger partial charge < -0.3 is 10.1 Å². The molecule has 0 bridgehead atoms. The molecular formula is C14H18BrF2NO. The van der Waals surface area contributed by atoms with Gasteiger partial charge in [-0.25, -0.2) is 8.78 Å².